The van der Waals surface area contributed by atoms with Gasteiger partial charge in [-0.05, 0) is 61.1 Å². The van der Waals surface area contributed by atoms with Crippen LogP contribution in [-0.4, -0.2) is 14.2 Å². The molecule has 0 aliphatic heterocycles. The van der Waals surface area contributed by atoms with Crippen LogP contribution in [0.2, 0.25) is 0 Å². The van der Waals surface area contributed by atoms with E-state index in [9.17, 15) is 9.13 Å². The van der Waals surface area contributed by atoms with E-state index in [0.29, 0.717) is 6.16 Å². The zero-order chi connectivity index (χ0) is 15.5. The van der Waals surface area contributed by atoms with Gasteiger partial charge in [0.2, 0.25) is 0 Å². The summed E-state index contributed by atoms with van der Waals surface area (Å²) in [5, 5.41) is 0. The first kappa shape index (κ1) is 17.5. The molecule has 1 aromatic carbocycles. The van der Waals surface area contributed by atoms with Gasteiger partial charge < -0.3 is 9.05 Å². The van der Waals surface area contributed by atoms with E-state index in [1.54, 1.807) is 0 Å². The number of benzene rings is 1. The average Bonchev–Trinajstić information content (AvgIpc) is 2.46. The highest BCUT2D eigenvalue weighted by Gasteiger charge is 2.25. The zero-order valence-electron chi connectivity index (χ0n) is 12.9. The Bertz CT molecular complexity index is 530. The van der Waals surface area contributed by atoms with Gasteiger partial charge in [0.1, 0.15) is 0 Å². The Morgan fingerprint density at radius 3 is 1.65 bits per heavy atom. The first-order chi connectivity index (χ1) is 9.31. The summed E-state index contributed by atoms with van der Waals surface area (Å²) in [5.41, 5.74) is 6.45. The van der Waals surface area contributed by atoms with Crippen LogP contribution < -0.4 is 0 Å². The molecule has 0 bridgehead atoms. The average molecular weight is 316 g/mol. The van der Waals surface area contributed by atoms with Gasteiger partial charge in [0, 0.05) is 14.2 Å². The number of hydrogen-bond acceptors (Lipinski definition) is 4. The summed E-state index contributed by atoms with van der Waals surface area (Å²) in [7, 11) is -0.173. The van der Waals surface area contributed by atoms with E-state index in [4.69, 9.17) is 9.05 Å². The predicted octanol–water partition coefficient (Wildman–Crippen LogP) is 4.70. The van der Waals surface area contributed by atoms with Gasteiger partial charge in [-0.3, -0.25) is 9.13 Å². The van der Waals surface area contributed by atoms with Gasteiger partial charge >= 0.3 is 7.60 Å². The molecule has 4 nitrogen and oxygen atoms in total. The van der Waals surface area contributed by atoms with E-state index in [0.717, 1.165) is 33.4 Å². The molecule has 0 aliphatic carbocycles. The molecule has 0 saturated heterocycles. The Morgan fingerprint density at radius 2 is 1.30 bits per heavy atom. The van der Waals surface area contributed by atoms with Gasteiger partial charge in [-0.25, -0.2) is 0 Å². The summed E-state index contributed by atoms with van der Waals surface area (Å²) in [6.07, 6.45) is 0.764. The minimum atomic E-state index is -3.09. The fourth-order valence-electron chi connectivity index (χ4n) is 2.40. The smallest absolute Gasteiger partial charge is 0.312 e. The van der Waals surface area contributed by atoms with Crippen LogP contribution in [-0.2, 0) is 30.5 Å². The summed E-state index contributed by atoms with van der Waals surface area (Å²) in [6.45, 7) is 8.02. The molecule has 0 spiro atoms. The van der Waals surface area contributed by atoms with Gasteiger partial charge in [-0.15, -0.1) is 0 Å². The van der Waals surface area contributed by atoms with Crippen molar-refractivity contribution in [1.82, 2.24) is 0 Å². The third-order valence-corrected chi connectivity index (χ3v) is 6.33. The van der Waals surface area contributed by atoms with E-state index in [1.165, 1.54) is 14.2 Å². The zero-order valence-corrected chi connectivity index (χ0v) is 14.7. The first-order valence-electron chi connectivity index (χ1n) is 6.39. The van der Waals surface area contributed by atoms with Gasteiger partial charge in [-0.1, -0.05) is 0 Å². The number of hydrogen-bond donors (Lipinski definition) is 0. The van der Waals surface area contributed by atoms with E-state index < -0.39 is 7.60 Å². The Kier molecular flexibility index (Phi) is 6.09. The summed E-state index contributed by atoms with van der Waals surface area (Å²) in [5.74, 6) is 0. The summed E-state index contributed by atoms with van der Waals surface area (Å²) >= 11 is 0. The Hall–Kier alpha value is -0.530. The lowest BCUT2D eigenvalue weighted by molar-refractivity contribution is 0.274. The molecule has 0 unspecified atom stereocenters. The molecule has 1 rings (SSSR count). The monoisotopic (exact) mass is 316 g/mol. The molecule has 6 heteroatoms. The summed E-state index contributed by atoms with van der Waals surface area (Å²) in [4.78, 5) is 0. The van der Waals surface area contributed by atoms with Crippen LogP contribution >= 0.6 is 16.1 Å². The largest absolute Gasteiger partial charge is 0.334 e. The SMILES string of the molecule is COP(=O)(Cc1c(C)c(C)c(CP=O)c(C)c1C)OC. The maximum atomic E-state index is 12.4. The molecular weight excluding hydrogens is 294 g/mol. The Morgan fingerprint density at radius 1 is 0.900 bits per heavy atom. The Balaban J connectivity index is 3.43. The molecule has 1 aromatic rings. The molecule has 0 aliphatic rings. The highest BCUT2D eigenvalue weighted by molar-refractivity contribution is 7.52. The van der Waals surface area contributed by atoms with Crippen molar-refractivity contribution < 1.29 is 18.2 Å². The van der Waals surface area contributed by atoms with Crippen molar-refractivity contribution in [3.8, 4) is 0 Å². The van der Waals surface area contributed by atoms with Crippen LogP contribution in [0, 0.1) is 27.7 Å². The maximum Gasteiger partial charge on any atom is 0.334 e. The molecule has 20 heavy (non-hydrogen) atoms. The van der Waals surface area contributed by atoms with Crippen LogP contribution in [0.4, 0.5) is 0 Å². The van der Waals surface area contributed by atoms with Gasteiger partial charge in [0.15, 0.2) is 8.46 Å². The van der Waals surface area contributed by atoms with Crippen molar-refractivity contribution in [3.63, 3.8) is 0 Å². The molecular formula is C14H22O4P2. The predicted molar refractivity (Wildman–Crippen MR) is 82.0 cm³/mol. The second-order valence-electron chi connectivity index (χ2n) is 4.88. The van der Waals surface area contributed by atoms with Crippen LogP contribution in [0.5, 0.6) is 0 Å². The molecule has 0 fully saturated rings. The fraction of sp³-hybridized carbons (Fsp3) is 0.571. The fourth-order valence-corrected chi connectivity index (χ4v) is 4.28. The van der Waals surface area contributed by atoms with Crippen molar-refractivity contribution in [1.29, 1.82) is 0 Å². The highest BCUT2D eigenvalue weighted by atomic mass is 31.2. The molecule has 0 radical (unpaired) electrons. The highest BCUT2D eigenvalue weighted by Crippen LogP contribution is 2.51. The van der Waals surface area contributed by atoms with Crippen LogP contribution in [0.25, 0.3) is 0 Å². The van der Waals surface area contributed by atoms with E-state index in [2.05, 4.69) is 0 Å². The molecule has 0 saturated carbocycles. The molecule has 0 amide bonds. The molecule has 0 N–H and O–H groups in total. The van der Waals surface area contributed by atoms with Crippen LogP contribution in [0.3, 0.4) is 0 Å². The van der Waals surface area contributed by atoms with Gasteiger partial charge in [0.05, 0.1) is 12.3 Å². The second kappa shape index (κ2) is 6.95. The lowest BCUT2D eigenvalue weighted by Crippen LogP contribution is -2.06. The third-order valence-electron chi connectivity index (χ3n) is 4.07. The minimum absolute atomic E-state index is 0.114. The van der Waals surface area contributed by atoms with Crippen molar-refractivity contribution in [2.45, 2.75) is 40.0 Å². The van der Waals surface area contributed by atoms with Gasteiger partial charge in [0.25, 0.3) is 0 Å². The Labute approximate surface area is 122 Å². The summed E-state index contributed by atoms with van der Waals surface area (Å²) in [6, 6.07) is 0. The van der Waals surface area contributed by atoms with Crippen LogP contribution in [0.15, 0.2) is 0 Å². The maximum absolute atomic E-state index is 12.4. The third kappa shape index (κ3) is 3.38. The molecule has 0 heterocycles. The van der Waals surface area contributed by atoms with Crippen molar-refractivity contribution in [2.75, 3.05) is 14.2 Å². The summed E-state index contributed by atoms with van der Waals surface area (Å²) < 4.78 is 33.4. The molecule has 0 atom stereocenters. The quantitative estimate of drug-likeness (QED) is 0.714. The van der Waals surface area contributed by atoms with E-state index in [-0.39, 0.29) is 14.6 Å². The van der Waals surface area contributed by atoms with E-state index in [1.807, 2.05) is 27.7 Å². The first-order valence-corrected chi connectivity index (χ1v) is 9.11. The standard InChI is InChI=1S/C14H22O4P2/c1-9-11(3)14(8-20(16,17-5)18-6)12(4)10(2)13(9)7-19-15/h7-8H2,1-6H3. The normalized spacial score (nSPS) is 12.1. The number of rotatable bonds is 6. The topological polar surface area (TPSA) is 52.6 Å². The van der Waals surface area contributed by atoms with Crippen molar-refractivity contribution >= 4 is 16.1 Å². The lowest BCUT2D eigenvalue weighted by Gasteiger charge is -2.22. The van der Waals surface area contributed by atoms with E-state index >= 15 is 0 Å². The minimum Gasteiger partial charge on any atom is -0.312 e. The van der Waals surface area contributed by atoms with Crippen molar-refractivity contribution in [3.05, 3.63) is 33.4 Å². The molecule has 0 aromatic heterocycles. The van der Waals surface area contributed by atoms with Gasteiger partial charge in [-0.2, -0.15) is 0 Å². The van der Waals surface area contributed by atoms with Crippen LogP contribution in [0.1, 0.15) is 33.4 Å². The molecule has 112 valence electrons. The lowest BCUT2D eigenvalue weighted by atomic mass is 9.90. The van der Waals surface area contributed by atoms with Crippen molar-refractivity contribution in [2.24, 2.45) is 0 Å². The second-order valence-corrected chi connectivity index (χ2v) is 7.72.